The van der Waals surface area contributed by atoms with E-state index >= 15 is 0 Å². The number of benzene rings is 1. The van der Waals surface area contributed by atoms with Crippen molar-refractivity contribution in [3.8, 4) is 0 Å². The van der Waals surface area contributed by atoms with Crippen molar-refractivity contribution in [3.05, 3.63) is 93.1 Å². The molecule has 1 N–H and O–H groups in total. The van der Waals surface area contributed by atoms with Gasteiger partial charge in [-0.15, -0.1) is 0 Å². The lowest BCUT2D eigenvalue weighted by atomic mass is 9.90. The molecular weight excluding hydrogens is 444 g/mol. The van der Waals surface area contributed by atoms with Gasteiger partial charge >= 0.3 is 0 Å². The van der Waals surface area contributed by atoms with Crippen LogP contribution in [0.25, 0.3) is 5.57 Å². The van der Waals surface area contributed by atoms with E-state index in [4.69, 9.17) is 0 Å². The minimum absolute atomic E-state index is 0.127. The Morgan fingerprint density at radius 2 is 1.83 bits per heavy atom. The van der Waals surface area contributed by atoms with Crippen LogP contribution in [0.5, 0.6) is 0 Å². The van der Waals surface area contributed by atoms with E-state index in [9.17, 15) is 4.79 Å². The van der Waals surface area contributed by atoms with Crippen molar-refractivity contribution in [1.82, 2.24) is 14.5 Å². The Balaban J connectivity index is 1.74. The highest BCUT2D eigenvalue weighted by molar-refractivity contribution is 5.80. The standard InChI is InChI=1S/C31H42N4O/c1-5-12-29-28(30(36)35(26-14-8-7-9-15-26)31(33-6-2)34(29)4)21-23-17-19-24(20-18-23)27-16-11-10-13-25(27)22-32-3/h6,13,16-20,26,32H,2,5,7-12,14-15,21-22H2,1,3-4H3. The van der Waals surface area contributed by atoms with Gasteiger partial charge in [-0.3, -0.25) is 9.36 Å². The number of nitrogens with one attached hydrogen (secondary N) is 1. The molecule has 1 fully saturated rings. The average Bonchev–Trinajstić information content (AvgIpc) is 2.91. The van der Waals surface area contributed by atoms with Crippen molar-refractivity contribution in [3.63, 3.8) is 0 Å². The van der Waals surface area contributed by atoms with Crippen LogP contribution in [0, 0.1) is 0 Å². The van der Waals surface area contributed by atoms with Gasteiger partial charge in [0.25, 0.3) is 5.56 Å². The van der Waals surface area contributed by atoms with Crippen LogP contribution in [0.2, 0.25) is 0 Å². The molecule has 1 aromatic heterocycles. The Kier molecular flexibility index (Phi) is 8.98. The van der Waals surface area contributed by atoms with Gasteiger partial charge < -0.3 is 9.88 Å². The first kappa shape index (κ1) is 26.2. The first-order valence-electron chi connectivity index (χ1n) is 13.7. The fourth-order valence-electron chi connectivity index (χ4n) is 5.87. The Labute approximate surface area is 216 Å². The monoisotopic (exact) mass is 486 g/mol. The van der Waals surface area contributed by atoms with Gasteiger partial charge in [0.05, 0.1) is 0 Å². The van der Waals surface area contributed by atoms with Gasteiger partial charge in [0.1, 0.15) is 0 Å². The van der Waals surface area contributed by atoms with Crippen LogP contribution in [0.15, 0.2) is 64.6 Å². The maximum Gasteiger partial charge on any atom is 0.258 e. The second kappa shape index (κ2) is 12.4. The summed E-state index contributed by atoms with van der Waals surface area (Å²) in [7, 11) is 4.06. The summed E-state index contributed by atoms with van der Waals surface area (Å²) >= 11 is 0. The molecule has 0 spiro atoms. The van der Waals surface area contributed by atoms with E-state index in [2.05, 4.69) is 71.8 Å². The van der Waals surface area contributed by atoms with Crippen molar-refractivity contribution in [2.45, 2.75) is 77.2 Å². The number of hydrogen-bond donors (Lipinski definition) is 1. The average molecular weight is 487 g/mol. The summed E-state index contributed by atoms with van der Waals surface area (Å²) in [6, 6.07) is 9.05. The van der Waals surface area contributed by atoms with E-state index < -0.39 is 0 Å². The molecule has 0 radical (unpaired) electrons. The number of allylic oxidation sites excluding steroid dienone is 2. The van der Waals surface area contributed by atoms with Gasteiger partial charge in [-0.1, -0.05) is 75.6 Å². The second-order valence-corrected chi connectivity index (χ2v) is 10.1. The van der Waals surface area contributed by atoms with Crippen LogP contribution in [0.4, 0.5) is 0 Å². The van der Waals surface area contributed by atoms with E-state index in [1.807, 2.05) is 11.6 Å². The molecule has 2 aromatic rings. The molecular formula is C31H42N4O. The molecule has 2 aliphatic carbocycles. The molecule has 0 bridgehead atoms. The molecule has 36 heavy (non-hydrogen) atoms. The Morgan fingerprint density at radius 1 is 1.11 bits per heavy atom. The summed E-state index contributed by atoms with van der Waals surface area (Å²) < 4.78 is 4.12. The van der Waals surface area contributed by atoms with Crippen LogP contribution in [0.3, 0.4) is 0 Å². The predicted octanol–water partition coefficient (Wildman–Crippen LogP) is 5.60. The Hall–Kier alpha value is -2.92. The van der Waals surface area contributed by atoms with E-state index in [1.165, 1.54) is 41.5 Å². The predicted molar refractivity (Wildman–Crippen MR) is 150 cm³/mol. The number of aromatic nitrogens is 2. The molecule has 4 rings (SSSR count). The first-order chi connectivity index (χ1) is 17.6. The molecule has 2 aliphatic rings. The summed E-state index contributed by atoms with van der Waals surface area (Å²) in [4.78, 5) is 18.7. The smallest absolute Gasteiger partial charge is 0.258 e. The SMILES string of the molecule is C=CN=c1n(C)c(CCC)c(Cc2ccc(C3=CCCC=C3CNC)cc2)c(=O)n1C1CCCCC1. The highest BCUT2D eigenvalue weighted by Crippen LogP contribution is 2.29. The molecule has 0 unspecified atom stereocenters. The van der Waals surface area contributed by atoms with E-state index in [-0.39, 0.29) is 11.6 Å². The molecule has 1 heterocycles. The van der Waals surface area contributed by atoms with E-state index in [1.54, 1.807) is 6.20 Å². The van der Waals surface area contributed by atoms with Gasteiger partial charge in [-0.2, -0.15) is 0 Å². The van der Waals surface area contributed by atoms with Gasteiger partial charge in [-0.05, 0) is 61.4 Å². The van der Waals surface area contributed by atoms with Gasteiger partial charge in [-0.25, -0.2) is 4.99 Å². The Morgan fingerprint density at radius 3 is 2.50 bits per heavy atom. The van der Waals surface area contributed by atoms with Crippen LogP contribution in [-0.4, -0.2) is 22.7 Å². The van der Waals surface area contributed by atoms with Crippen molar-refractivity contribution >= 4 is 5.57 Å². The normalized spacial score (nSPS) is 17.1. The maximum atomic E-state index is 14.1. The highest BCUT2D eigenvalue weighted by atomic mass is 16.1. The number of likely N-dealkylation sites (N-methyl/N-ethyl adjacent to an activating group) is 1. The lowest BCUT2D eigenvalue weighted by Gasteiger charge is -2.27. The summed E-state index contributed by atoms with van der Waals surface area (Å²) in [5.74, 6) is 0. The minimum atomic E-state index is 0.127. The van der Waals surface area contributed by atoms with Crippen molar-refractivity contribution in [1.29, 1.82) is 0 Å². The van der Waals surface area contributed by atoms with Crippen molar-refractivity contribution in [2.24, 2.45) is 12.0 Å². The van der Waals surface area contributed by atoms with Crippen molar-refractivity contribution in [2.75, 3.05) is 13.6 Å². The summed E-state index contributed by atoms with van der Waals surface area (Å²) in [6.07, 6.45) is 16.6. The lowest BCUT2D eigenvalue weighted by Crippen LogP contribution is -2.46. The quantitative estimate of drug-likeness (QED) is 0.501. The maximum absolute atomic E-state index is 14.1. The van der Waals surface area contributed by atoms with Crippen molar-refractivity contribution < 1.29 is 0 Å². The molecule has 192 valence electrons. The van der Waals surface area contributed by atoms with Gasteiger partial charge in [0.15, 0.2) is 0 Å². The Bertz CT molecular complexity index is 1250. The van der Waals surface area contributed by atoms with Crippen LogP contribution >= 0.6 is 0 Å². The number of rotatable bonds is 9. The topological polar surface area (TPSA) is 51.3 Å². The van der Waals surface area contributed by atoms with Gasteiger partial charge in [0.2, 0.25) is 5.62 Å². The third-order valence-corrected chi connectivity index (χ3v) is 7.64. The summed E-state index contributed by atoms with van der Waals surface area (Å²) in [5.41, 5.74) is 7.98. The molecule has 1 aromatic carbocycles. The van der Waals surface area contributed by atoms with Crippen LogP contribution in [0.1, 0.15) is 86.7 Å². The second-order valence-electron chi connectivity index (χ2n) is 10.1. The lowest BCUT2D eigenvalue weighted by molar-refractivity contribution is 0.325. The fraction of sp³-hybridized carbons (Fsp3) is 0.484. The molecule has 0 saturated heterocycles. The fourth-order valence-corrected chi connectivity index (χ4v) is 5.87. The minimum Gasteiger partial charge on any atom is -0.318 e. The van der Waals surface area contributed by atoms with Crippen LogP contribution < -0.4 is 16.5 Å². The molecule has 5 nitrogen and oxygen atoms in total. The highest BCUT2D eigenvalue weighted by Gasteiger charge is 2.23. The zero-order chi connectivity index (χ0) is 25.5. The molecule has 1 saturated carbocycles. The zero-order valence-corrected chi connectivity index (χ0v) is 22.4. The number of hydrogen-bond acceptors (Lipinski definition) is 3. The van der Waals surface area contributed by atoms with E-state index in [0.717, 1.165) is 61.9 Å². The molecule has 0 amide bonds. The van der Waals surface area contributed by atoms with E-state index in [0.29, 0.717) is 6.42 Å². The van der Waals surface area contributed by atoms with Gasteiger partial charge in [0, 0.05) is 43.5 Å². The molecule has 0 aliphatic heterocycles. The summed E-state index contributed by atoms with van der Waals surface area (Å²) in [5, 5.41) is 3.29. The zero-order valence-electron chi connectivity index (χ0n) is 22.4. The molecule has 0 atom stereocenters. The third-order valence-electron chi connectivity index (χ3n) is 7.64. The first-order valence-corrected chi connectivity index (χ1v) is 13.7. The number of nitrogens with zero attached hydrogens (tertiary/aromatic N) is 3. The van der Waals surface area contributed by atoms with Crippen LogP contribution in [-0.2, 0) is 19.9 Å². The largest absolute Gasteiger partial charge is 0.318 e. The molecule has 5 heteroatoms. The summed E-state index contributed by atoms with van der Waals surface area (Å²) in [6.45, 7) is 6.89. The third kappa shape index (κ3) is 5.57.